The monoisotopic (exact) mass is 389 g/mol. The van der Waals surface area contributed by atoms with Crippen molar-refractivity contribution in [2.75, 3.05) is 10.6 Å². The Morgan fingerprint density at radius 2 is 1.61 bits per heavy atom. The average Bonchev–Trinajstić information content (AvgIpc) is 3.22. The zero-order valence-electron chi connectivity index (χ0n) is 14.8. The van der Waals surface area contributed by atoms with E-state index in [0.717, 1.165) is 0 Å². The second kappa shape index (κ2) is 7.53. The number of anilines is 2. The lowest BCUT2D eigenvalue weighted by Crippen LogP contribution is -2.17. The van der Waals surface area contributed by atoms with Crippen LogP contribution in [0.4, 0.5) is 10.8 Å². The molecule has 4 aromatic rings. The summed E-state index contributed by atoms with van der Waals surface area (Å²) in [5.41, 5.74) is 3.27. The summed E-state index contributed by atoms with van der Waals surface area (Å²) < 4.78 is 0. The van der Waals surface area contributed by atoms with Gasteiger partial charge in [0.1, 0.15) is 5.52 Å². The topological polar surface area (TPSA) is 96.9 Å². The van der Waals surface area contributed by atoms with Crippen LogP contribution in [0.3, 0.4) is 0 Å². The Labute approximate surface area is 164 Å². The van der Waals surface area contributed by atoms with Gasteiger partial charge in [0.25, 0.3) is 11.8 Å². The number of nitrogens with zero attached hydrogens (tertiary/aromatic N) is 3. The van der Waals surface area contributed by atoms with Gasteiger partial charge in [-0.1, -0.05) is 12.1 Å². The summed E-state index contributed by atoms with van der Waals surface area (Å²) in [4.78, 5) is 37.9. The number of rotatable bonds is 4. The molecule has 4 rings (SSSR count). The lowest BCUT2D eigenvalue weighted by molar-refractivity contribution is 0.101. The molecule has 0 spiro atoms. The van der Waals surface area contributed by atoms with Gasteiger partial charge in [0, 0.05) is 35.2 Å². The number of thiazole rings is 1. The summed E-state index contributed by atoms with van der Waals surface area (Å²) in [6, 6.07) is 10.4. The highest BCUT2D eigenvalue weighted by atomic mass is 32.1. The number of hydrogen-bond donors (Lipinski definition) is 2. The lowest BCUT2D eigenvalue weighted by Gasteiger charge is -2.12. The Balaban J connectivity index is 1.61. The first-order chi connectivity index (χ1) is 13.6. The van der Waals surface area contributed by atoms with Gasteiger partial charge < -0.3 is 5.32 Å². The third kappa shape index (κ3) is 3.45. The quantitative estimate of drug-likeness (QED) is 0.552. The second-order valence-corrected chi connectivity index (χ2v) is 6.85. The normalized spacial score (nSPS) is 10.6. The summed E-state index contributed by atoms with van der Waals surface area (Å²) in [6.45, 7) is 1.79. The molecule has 0 unspecified atom stereocenters. The number of carbonyl (C=O) groups excluding carboxylic acids is 2. The van der Waals surface area contributed by atoms with Gasteiger partial charge in [-0.25, -0.2) is 4.98 Å². The van der Waals surface area contributed by atoms with Gasteiger partial charge >= 0.3 is 0 Å². The molecule has 2 aromatic heterocycles. The van der Waals surface area contributed by atoms with Crippen molar-refractivity contribution in [3.05, 3.63) is 77.1 Å². The summed E-state index contributed by atoms with van der Waals surface area (Å²) in [5, 5.41) is 7.93. The number of hydrogen-bond acceptors (Lipinski definition) is 6. The zero-order valence-corrected chi connectivity index (χ0v) is 15.7. The predicted octanol–water partition coefficient (Wildman–Crippen LogP) is 3.90. The molecule has 2 aromatic carbocycles. The molecule has 28 heavy (non-hydrogen) atoms. The maximum Gasteiger partial charge on any atom is 0.257 e. The molecule has 0 atom stereocenters. The molecule has 7 nitrogen and oxygen atoms in total. The molecule has 0 aliphatic heterocycles. The molecule has 0 aliphatic carbocycles. The van der Waals surface area contributed by atoms with Crippen molar-refractivity contribution in [2.24, 2.45) is 0 Å². The van der Waals surface area contributed by atoms with E-state index >= 15 is 0 Å². The summed E-state index contributed by atoms with van der Waals surface area (Å²) in [7, 11) is 0. The molecular weight excluding hydrogens is 374 g/mol. The highest BCUT2D eigenvalue weighted by molar-refractivity contribution is 7.13. The SMILES string of the molecule is Cc1c(NC(=O)c2cccc3nccnc23)cccc1C(=O)Nc1nccs1. The zero-order chi connectivity index (χ0) is 19.5. The van der Waals surface area contributed by atoms with Gasteiger partial charge in [-0.3, -0.25) is 24.9 Å². The number of aromatic nitrogens is 3. The minimum absolute atomic E-state index is 0.278. The number of fused-ring (bicyclic) bond motifs is 1. The van der Waals surface area contributed by atoms with Gasteiger partial charge in [-0.05, 0) is 36.8 Å². The summed E-state index contributed by atoms with van der Waals surface area (Å²) in [5.74, 6) is -0.591. The minimum Gasteiger partial charge on any atom is -0.322 e. The van der Waals surface area contributed by atoms with E-state index in [0.29, 0.717) is 38.5 Å². The molecule has 8 heteroatoms. The van der Waals surface area contributed by atoms with E-state index in [1.54, 1.807) is 67.3 Å². The molecule has 0 bridgehead atoms. The van der Waals surface area contributed by atoms with Crippen LogP contribution in [0.15, 0.2) is 60.4 Å². The van der Waals surface area contributed by atoms with Crippen molar-refractivity contribution in [1.29, 1.82) is 0 Å². The fourth-order valence-electron chi connectivity index (χ4n) is 2.83. The van der Waals surface area contributed by atoms with E-state index in [-0.39, 0.29) is 11.8 Å². The van der Waals surface area contributed by atoms with Crippen LogP contribution in [0, 0.1) is 6.92 Å². The number of carbonyl (C=O) groups is 2. The van der Waals surface area contributed by atoms with Gasteiger partial charge in [0.15, 0.2) is 5.13 Å². The highest BCUT2D eigenvalue weighted by Gasteiger charge is 2.16. The first-order valence-electron chi connectivity index (χ1n) is 8.45. The average molecular weight is 389 g/mol. The Hall–Kier alpha value is -3.65. The molecule has 2 N–H and O–H groups in total. The molecule has 0 saturated carbocycles. The molecule has 0 fully saturated rings. The van der Waals surface area contributed by atoms with E-state index in [4.69, 9.17) is 0 Å². The van der Waals surface area contributed by atoms with E-state index in [2.05, 4.69) is 25.6 Å². The Kier molecular flexibility index (Phi) is 4.77. The third-order valence-electron chi connectivity index (χ3n) is 4.22. The van der Waals surface area contributed by atoms with E-state index < -0.39 is 0 Å². The fraction of sp³-hybridized carbons (Fsp3) is 0.0500. The number of benzene rings is 2. The van der Waals surface area contributed by atoms with Crippen LogP contribution >= 0.6 is 11.3 Å². The summed E-state index contributed by atoms with van der Waals surface area (Å²) >= 11 is 1.34. The van der Waals surface area contributed by atoms with Crippen molar-refractivity contribution in [1.82, 2.24) is 15.0 Å². The van der Waals surface area contributed by atoms with E-state index in [1.807, 2.05) is 0 Å². The Morgan fingerprint density at radius 3 is 2.43 bits per heavy atom. The standard InChI is InChI=1S/C20H15N5O2S/c1-12-13(18(26)25-20-23-10-11-28-20)4-2-6-15(12)24-19(27)14-5-3-7-16-17(14)22-9-8-21-16/h2-11H,1H3,(H,24,27)(H,23,25,26). The molecular formula is C20H15N5O2S. The molecule has 0 saturated heterocycles. The number of para-hydroxylation sites is 1. The van der Waals surface area contributed by atoms with E-state index in [9.17, 15) is 9.59 Å². The van der Waals surface area contributed by atoms with Crippen molar-refractivity contribution in [3.63, 3.8) is 0 Å². The van der Waals surface area contributed by atoms with Crippen LogP contribution in [0.2, 0.25) is 0 Å². The predicted molar refractivity (Wildman–Crippen MR) is 109 cm³/mol. The van der Waals surface area contributed by atoms with Crippen LogP contribution in [-0.4, -0.2) is 26.8 Å². The van der Waals surface area contributed by atoms with Gasteiger partial charge in [0.2, 0.25) is 0 Å². The van der Waals surface area contributed by atoms with E-state index in [1.165, 1.54) is 11.3 Å². The van der Waals surface area contributed by atoms with Crippen LogP contribution in [0.1, 0.15) is 26.3 Å². The third-order valence-corrected chi connectivity index (χ3v) is 4.91. The van der Waals surface area contributed by atoms with Crippen LogP contribution in [-0.2, 0) is 0 Å². The molecule has 2 amide bonds. The van der Waals surface area contributed by atoms with Crippen molar-refractivity contribution in [3.8, 4) is 0 Å². The van der Waals surface area contributed by atoms with Crippen molar-refractivity contribution >= 4 is 45.0 Å². The Bertz CT molecular complexity index is 1170. The van der Waals surface area contributed by atoms with Crippen molar-refractivity contribution < 1.29 is 9.59 Å². The Morgan fingerprint density at radius 1 is 0.857 bits per heavy atom. The maximum atomic E-state index is 12.8. The minimum atomic E-state index is -0.313. The van der Waals surface area contributed by atoms with Gasteiger partial charge in [0.05, 0.1) is 11.1 Å². The first-order valence-corrected chi connectivity index (χ1v) is 9.33. The first kappa shape index (κ1) is 17.7. The lowest BCUT2D eigenvalue weighted by atomic mass is 10.1. The molecule has 0 radical (unpaired) electrons. The smallest absolute Gasteiger partial charge is 0.257 e. The number of amides is 2. The van der Waals surface area contributed by atoms with Crippen LogP contribution in [0.5, 0.6) is 0 Å². The largest absolute Gasteiger partial charge is 0.322 e. The van der Waals surface area contributed by atoms with Gasteiger partial charge in [-0.2, -0.15) is 0 Å². The molecule has 138 valence electrons. The highest BCUT2D eigenvalue weighted by Crippen LogP contribution is 2.23. The summed E-state index contributed by atoms with van der Waals surface area (Å²) in [6.07, 6.45) is 4.75. The van der Waals surface area contributed by atoms with Crippen LogP contribution in [0.25, 0.3) is 11.0 Å². The fourth-order valence-corrected chi connectivity index (χ4v) is 3.36. The van der Waals surface area contributed by atoms with Crippen LogP contribution < -0.4 is 10.6 Å². The van der Waals surface area contributed by atoms with Crippen molar-refractivity contribution in [2.45, 2.75) is 6.92 Å². The van der Waals surface area contributed by atoms with Gasteiger partial charge in [-0.15, -0.1) is 11.3 Å². The number of nitrogens with one attached hydrogen (secondary N) is 2. The molecule has 2 heterocycles. The molecule has 0 aliphatic rings. The maximum absolute atomic E-state index is 12.8. The second-order valence-electron chi connectivity index (χ2n) is 5.95.